The van der Waals surface area contributed by atoms with Crippen LogP contribution in [0.5, 0.6) is 0 Å². The van der Waals surface area contributed by atoms with Crippen molar-refractivity contribution in [3.8, 4) is 11.3 Å². The third-order valence-electron chi connectivity index (χ3n) is 2.48. The van der Waals surface area contributed by atoms with Crippen molar-refractivity contribution in [2.24, 2.45) is 7.05 Å². The number of hydrogen-bond donors (Lipinski definition) is 1. The van der Waals surface area contributed by atoms with Gasteiger partial charge in [0.1, 0.15) is 0 Å². The fraction of sp³-hybridized carbons (Fsp3) is 0.182. The molecule has 0 unspecified atom stereocenters. The van der Waals surface area contributed by atoms with Crippen molar-refractivity contribution >= 4 is 35.8 Å². The topological polar surface area (TPSA) is 17.8 Å². The highest BCUT2D eigenvalue weighted by molar-refractivity contribution is 7.80. The van der Waals surface area contributed by atoms with Crippen LogP contribution in [0.4, 0.5) is 13.2 Å². The molecule has 0 saturated carbocycles. The molecule has 1 heterocycles. The van der Waals surface area contributed by atoms with Crippen LogP contribution >= 0.6 is 35.8 Å². The molecule has 0 spiro atoms. The molecule has 0 aliphatic carbocycles. The minimum atomic E-state index is -4.50. The van der Waals surface area contributed by atoms with E-state index in [-0.39, 0.29) is 15.6 Å². The molecule has 1 aromatic heterocycles. The number of alkyl halides is 3. The second kappa shape index (κ2) is 4.92. The lowest BCUT2D eigenvalue weighted by atomic mass is 10.1. The van der Waals surface area contributed by atoms with Gasteiger partial charge in [0.05, 0.1) is 26.3 Å². The van der Waals surface area contributed by atoms with Crippen molar-refractivity contribution in [2.45, 2.75) is 11.2 Å². The van der Waals surface area contributed by atoms with E-state index in [9.17, 15) is 13.2 Å². The number of aryl methyl sites for hydroxylation is 1. The Kier molecular flexibility index (Phi) is 3.77. The zero-order chi connectivity index (χ0) is 14.4. The largest absolute Gasteiger partial charge is 0.416 e. The Bertz CT molecular complexity index is 595. The van der Waals surface area contributed by atoms with Gasteiger partial charge in [0.2, 0.25) is 0 Å². The predicted octanol–water partition coefficient (Wildman–Crippen LogP) is 4.70. The number of rotatable bonds is 1. The van der Waals surface area contributed by atoms with Gasteiger partial charge in [0.15, 0.2) is 0 Å². The Morgan fingerprint density at radius 3 is 2.05 bits per heavy atom. The Morgan fingerprint density at radius 2 is 1.68 bits per heavy atom. The summed E-state index contributed by atoms with van der Waals surface area (Å²) in [7, 11) is 1.65. The first-order valence-corrected chi connectivity index (χ1v) is 6.20. The normalized spacial score (nSPS) is 11.9. The SMILES string of the molecule is Cn1nc(-c2c(Cl)cc(C(F)(F)F)cc2Cl)cc1S. The van der Waals surface area contributed by atoms with Crippen molar-refractivity contribution in [1.82, 2.24) is 9.78 Å². The Balaban J connectivity index is 2.60. The average molecular weight is 327 g/mol. The third kappa shape index (κ3) is 2.85. The summed E-state index contributed by atoms with van der Waals surface area (Å²) in [5, 5.41) is 4.42. The summed E-state index contributed by atoms with van der Waals surface area (Å²) in [5.74, 6) is 0. The van der Waals surface area contributed by atoms with Gasteiger partial charge in [-0.1, -0.05) is 23.2 Å². The predicted molar refractivity (Wildman–Crippen MR) is 70.9 cm³/mol. The van der Waals surface area contributed by atoms with Crippen molar-refractivity contribution in [3.05, 3.63) is 33.8 Å². The van der Waals surface area contributed by atoms with Gasteiger partial charge in [0.25, 0.3) is 0 Å². The molecule has 0 fully saturated rings. The lowest BCUT2D eigenvalue weighted by molar-refractivity contribution is -0.137. The van der Waals surface area contributed by atoms with Gasteiger partial charge < -0.3 is 0 Å². The second-order valence-electron chi connectivity index (χ2n) is 3.82. The highest BCUT2D eigenvalue weighted by Gasteiger charge is 2.32. The van der Waals surface area contributed by atoms with E-state index < -0.39 is 11.7 Å². The first-order chi connectivity index (χ1) is 8.70. The molecule has 102 valence electrons. The Hall–Kier alpha value is -0.850. The minimum absolute atomic E-state index is 0.105. The maximum atomic E-state index is 12.6. The van der Waals surface area contributed by atoms with Gasteiger partial charge in [-0.2, -0.15) is 18.3 Å². The molecule has 0 amide bonds. The fourth-order valence-electron chi connectivity index (χ4n) is 1.56. The highest BCUT2D eigenvalue weighted by Crippen LogP contribution is 2.40. The third-order valence-corrected chi connectivity index (χ3v) is 3.50. The van der Waals surface area contributed by atoms with E-state index in [0.29, 0.717) is 10.7 Å². The number of aromatic nitrogens is 2. The van der Waals surface area contributed by atoms with Crippen LogP contribution < -0.4 is 0 Å². The van der Waals surface area contributed by atoms with Crippen molar-refractivity contribution < 1.29 is 13.2 Å². The Labute approximate surface area is 122 Å². The summed E-state index contributed by atoms with van der Waals surface area (Å²) in [6.45, 7) is 0. The van der Waals surface area contributed by atoms with Crippen LogP contribution in [0.25, 0.3) is 11.3 Å². The molecule has 0 bridgehead atoms. The summed E-state index contributed by atoms with van der Waals surface area (Å²) in [4.78, 5) is 0. The number of hydrogen-bond acceptors (Lipinski definition) is 2. The zero-order valence-electron chi connectivity index (χ0n) is 9.46. The van der Waals surface area contributed by atoms with Crippen LogP contribution in [0.15, 0.2) is 23.2 Å². The monoisotopic (exact) mass is 326 g/mol. The molecule has 0 aliphatic heterocycles. The van der Waals surface area contributed by atoms with Crippen molar-refractivity contribution in [3.63, 3.8) is 0 Å². The summed E-state index contributed by atoms with van der Waals surface area (Å²) >= 11 is 15.9. The van der Waals surface area contributed by atoms with Crippen molar-refractivity contribution in [2.75, 3.05) is 0 Å². The molecule has 0 aliphatic rings. The summed E-state index contributed by atoms with van der Waals surface area (Å²) in [5.41, 5.74) is -0.267. The van der Waals surface area contributed by atoms with Crippen LogP contribution in [-0.2, 0) is 13.2 Å². The van der Waals surface area contributed by atoms with Crippen LogP contribution in [0.2, 0.25) is 10.0 Å². The summed E-state index contributed by atoms with van der Waals surface area (Å²) in [6, 6.07) is 3.23. The van der Waals surface area contributed by atoms with Crippen LogP contribution in [-0.4, -0.2) is 9.78 Å². The molecule has 0 N–H and O–H groups in total. The maximum absolute atomic E-state index is 12.6. The summed E-state index contributed by atoms with van der Waals surface area (Å²) in [6.07, 6.45) is -4.50. The molecule has 2 aromatic rings. The molecule has 19 heavy (non-hydrogen) atoms. The molecule has 8 heteroatoms. The molecular formula is C11H7Cl2F3N2S. The zero-order valence-corrected chi connectivity index (χ0v) is 11.9. The van der Waals surface area contributed by atoms with Crippen LogP contribution in [0.1, 0.15) is 5.56 Å². The standard InChI is InChI=1S/C11H7Cl2F3N2S/c1-18-9(19)4-8(17-18)10-6(12)2-5(3-7(10)13)11(14,15)16/h2-4,19H,1H3. The number of halogens is 5. The lowest BCUT2D eigenvalue weighted by Crippen LogP contribution is -2.05. The van der Waals surface area contributed by atoms with E-state index in [1.54, 1.807) is 13.1 Å². The van der Waals surface area contributed by atoms with E-state index in [1.165, 1.54) is 4.68 Å². The number of benzene rings is 1. The van der Waals surface area contributed by atoms with Crippen LogP contribution in [0, 0.1) is 0 Å². The number of nitrogens with zero attached hydrogens (tertiary/aromatic N) is 2. The quantitative estimate of drug-likeness (QED) is 0.752. The fourth-order valence-corrected chi connectivity index (χ4v) is 2.41. The van der Waals surface area contributed by atoms with E-state index >= 15 is 0 Å². The van der Waals surface area contributed by atoms with Crippen LogP contribution in [0.3, 0.4) is 0 Å². The van der Waals surface area contributed by atoms with E-state index in [4.69, 9.17) is 23.2 Å². The first-order valence-electron chi connectivity index (χ1n) is 4.99. The second-order valence-corrected chi connectivity index (χ2v) is 5.10. The van der Waals surface area contributed by atoms with E-state index in [2.05, 4.69) is 17.7 Å². The molecular weight excluding hydrogens is 320 g/mol. The molecule has 1 aromatic carbocycles. The van der Waals surface area contributed by atoms with Gasteiger partial charge in [-0.3, -0.25) is 4.68 Å². The smallest absolute Gasteiger partial charge is 0.262 e. The molecule has 2 rings (SSSR count). The molecule has 2 nitrogen and oxygen atoms in total. The van der Waals surface area contributed by atoms with Gasteiger partial charge in [-0.25, -0.2) is 0 Å². The van der Waals surface area contributed by atoms with Crippen molar-refractivity contribution in [1.29, 1.82) is 0 Å². The maximum Gasteiger partial charge on any atom is 0.416 e. The summed E-state index contributed by atoms with van der Waals surface area (Å²) < 4.78 is 39.3. The Morgan fingerprint density at radius 1 is 1.16 bits per heavy atom. The van der Waals surface area contributed by atoms with Gasteiger partial charge in [0, 0.05) is 12.6 Å². The minimum Gasteiger partial charge on any atom is -0.262 e. The van der Waals surface area contributed by atoms with Gasteiger partial charge in [-0.05, 0) is 18.2 Å². The molecule has 0 saturated heterocycles. The number of thiol groups is 1. The average Bonchev–Trinajstić information content (AvgIpc) is 2.56. The van der Waals surface area contributed by atoms with E-state index in [0.717, 1.165) is 12.1 Å². The molecule has 0 radical (unpaired) electrons. The lowest BCUT2D eigenvalue weighted by Gasteiger charge is -2.10. The van der Waals surface area contributed by atoms with Gasteiger partial charge in [-0.15, -0.1) is 12.6 Å². The molecule has 0 atom stereocenters. The first kappa shape index (κ1) is 14.6. The highest BCUT2D eigenvalue weighted by atomic mass is 35.5. The van der Waals surface area contributed by atoms with Gasteiger partial charge >= 0.3 is 6.18 Å². The van der Waals surface area contributed by atoms with E-state index in [1.807, 2.05) is 0 Å².